The van der Waals surface area contributed by atoms with Crippen LogP contribution in [0.3, 0.4) is 0 Å². The summed E-state index contributed by atoms with van der Waals surface area (Å²) in [5.41, 5.74) is 2.57. The minimum atomic E-state index is -0.0381. The van der Waals surface area contributed by atoms with E-state index < -0.39 is 0 Å². The molecule has 0 aliphatic heterocycles. The zero-order valence-corrected chi connectivity index (χ0v) is 15.1. The van der Waals surface area contributed by atoms with Gasteiger partial charge in [0.1, 0.15) is 6.54 Å². The van der Waals surface area contributed by atoms with Crippen molar-refractivity contribution in [2.75, 3.05) is 25.2 Å². The maximum absolute atomic E-state index is 12.1. The SMILES string of the molecule is CSc1ccc(C[NH+](C)CC(=O)Nc2ccc(C(C)=O)cc2)cc1. The standard InChI is InChI=1S/C19H22N2O2S/c1-14(22)16-6-8-17(9-7-16)20-19(23)13-21(2)12-15-4-10-18(24-3)11-5-15/h4-11H,12-13H2,1-3H3,(H,20,23)/p+1. The smallest absolute Gasteiger partial charge is 0.279 e. The number of ketones is 1. The number of carbonyl (C=O) groups is 2. The third-order valence-electron chi connectivity index (χ3n) is 3.70. The molecular weight excluding hydrogens is 320 g/mol. The van der Waals surface area contributed by atoms with Gasteiger partial charge in [0.15, 0.2) is 12.3 Å². The summed E-state index contributed by atoms with van der Waals surface area (Å²) in [6.45, 7) is 2.71. The first-order valence-electron chi connectivity index (χ1n) is 7.83. The van der Waals surface area contributed by atoms with Crippen LogP contribution in [0.15, 0.2) is 53.4 Å². The van der Waals surface area contributed by atoms with Crippen molar-refractivity contribution in [2.24, 2.45) is 0 Å². The Morgan fingerprint density at radius 3 is 2.21 bits per heavy atom. The summed E-state index contributed by atoms with van der Waals surface area (Å²) < 4.78 is 0. The highest BCUT2D eigenvalue weighted by Crippen LogP contribution is 2.14. The fourth-order valence-corrected chi connectivity index (χ4v) is 2.83. The zero-order chi connectivity index (χ0) is 17.5. The van der Waals surface area contributed by atoms with Gasteiger partial charge in [0.05, 0.1) is 7.05 Å². The number of benzene rings is 2. The molecule has 1 amide bonds. The van der Waals surface area contributed by atoms with Gasteiger partial charge in [0.25, 0.3) is 5.91 Å². The van der Waals surface area contributed by atoms with Crippen LogP contribution < -0.4 is 10.2 Å². The van der Waals surface area contributed by atoms with E-state index in [1.54, 1.807) is 36.0 Å². The normalized spacial score (nSPS) is 11.8. The van der Waals surface area contributed by atoms with E-state index in [0.717, 1.165) is 11.4 Å². The van der Waals surface area contributed by atoms with E-state index in [2.05, 4.69) is 35.8 Å². The second-order valence-corrected chi connectivity index (χ2v) is 6.72. The molecule has 0 aromatic heterocycles. The molecule has 1 unspecified atom stereocenters. The average molecular weight is 343 g/mol. The minimum Gasteiger partial charge on any atom is -0.326 e. The molecule has 4 nitrogen and oxygen atoms in total. The molecule has 2 aromatic rings. The van der Waals surface area contributed by atoms with Crippen molar-refractivity contribution in [1.82, 2.24) is 0 Å². The molecule has 2 rings (SSSR count). The highest BCUT2D eigenvalue weighted by Gasteiger charge is 2.11. The molecule has 0 heterocycles. The van der Waals surface area contributed by atoms with Crippen molar-refractivity contribution in [1.29, 1.82) is 0 Å². The number of hydrogen-bond acceptors (Lipinski definition) is 3. The molecule has 0 saturated carbocycles. The van der Waals surface area contributed by atoms with E-state index in [4.69, 9.17) is 0 Å². The number of amides is 1. The summed E-state index contributed by atoms with van der Waals surface area (Å²) in [6.07, 6.45) is 2.06. The molecular formula is C19H23N2O2S+. The van der Waals surface area contributed by atoms with E-state index in [0.29, 0.717) is 17.8 Å². The summed E-state index contributed by atoms with van der Waals surface area (Å²) in [6, 6.07) is 15.4. The number of anilines is 1. The first-order chi connectivity index (χ1) is 11.5. The van der Waals surface area contributed by atoms with Crippen LogP contribution in [0, 0.1) is 0 Å². The van der Waals surface area contributed by atoms with Crippen molar-refractivity contribution in [3.05, 3.63) is 59.7 Å². The van der Waals surface area contributed by atoms with Gasteiger partial charge in [0.2, 0.25) is 0 Å². The molecule has 0 aliphatic rings. The Labute approximate surface area is 147 Å². The van der Waals surface area contributed by atoms with Gasteiger partial charge in [-0.15, -0.1) is 11.8 Å². The molecule has 0 aliphatic carbocycles. The second kappa shape index (κ2) is 8.66. The van der Waals surface area contributed by atoms with Crippen LogP contribution >= 0.6 is 11.8 Å². The molecule has 0 radical (unpaired) electrons. The van der Waals surface area contributed by atoms with Crippen LogP contribution in [0.1, 0.15) is 22.8 Å². The lowest BCUT2D eigenvalue weighted by Gasteiger charge is -2.14. The van der Waals surface area contributed by atoms with Crippen molar-refractivity contribution >= 4 is 29.1 Å². The van der Waals surface area contributed by atoms with Gasteiger partial charge in [-0.3, -0.25) is 9.59 Å². The molecule has 0 saturated heterocycles. The van der Waals surface area contributed by atoms with E-state index in [1.807, 2.05) is 7.05 Å². The number of likely N-dealkylation sites (N-methyl/N-ethyl adjacent to an activating group) is 1. The number of nitrogens with one attached hydrogen (secondary N) is 2. The molecule has 24 heavy (non-hydrogen) atoms. The summed E-state index contributed by atoms with van der Waals surface area (Å²) >= 11 is 1.72. The second-order valence-electron chi connectivity index (χ2n) is 5.84. The topological polar surface area (TPSA) is 50.6 Å². The largest absolute Gasteiger partial charge is 0.326 e. The van der Waals surface area contributed by atoms with Gasteiger partial charge in [-0.1, -0.05) is 12.1 Å². The van der Waals surface area contributed by atoms with Crippen LogP contribution in [0.4, 0.5) is 5.69 Å². The maximum atomic E-state index is 12.1. The first kappa shape index (κ1) is 18.2. The maximum Gasteiger partial charge on any atom is 0.279 e. The summed E-state index contributed by atoms with van der Waals surface area (Å²) in [4.78, 5) is 25.7. The predicted molar refractivity (Wildman–Crippen MR) is 98.8 cm³/mol. The van der Waals surface area contributed by atoms with Gasteiger partial charge in [0, 0.05) is 21.7 Å². The van der Waals surface area contributed by atoms with Crippen LogP contribution in [-0.2, 0) is 11.3 Å². The van der Waals surface area contributed by atoms with Crippen molar-refractivity contribution in [3.8, 4) is 0 Å². The van der Waals surface area contributed by atoms with Crippen LogP contribution in [0.25, 0.3) is 0 Å². The lowest BCUT2D eigenvalue weighted by molar-refractivity contribution is -0.885. The Hall–Kier alpha value is -2.11. The summed E-state index contributed by atoms with van der Waals surface area (Å²) in [5, 5.41) is 2.87. The Morgan fingerprint density at radius 2 is 1.67 bits per heavy atom. The summed E-state index contributed by atoms with van der Waals surface area (Å²) in [5.74, 6) is -0.0200. The third-order valence-corrected chi connectivity index (χ3v) is 4.45. The summed E-state index contributed by atoms with van der Waals surface area (Å²) in [7, 11) is 2.00. The van der Waals surface area contributed by atoms with Crippen LogP contribution in [0.2, 0.25) is 0 Å². The van der Waals surface area contributed by atoms with E-state index in [-0.39, 0.29) is 11.7 Å². The monoisotopic (exact) mass is 343 g/mol. The van der Waals surface area contributed by atoms with Gasteiger partial charge in [-0.05, 0) is 49.6 Å². The van der Waals surface area contributed by atoms with Gasteiger partial charge < -0.3 is 10.2 Å². The fourth-order valence-electron chi connectivity index (χ4n) is 2.42. The lowest BCUT2D eigenvalue weighted by Crippen LogP contribution is -3.08. The first-order valence-corrected chi connectivity index (χ1v) is 9.05. The molecule has 0 spiro atoms. The van der Waals surface area contributed by atoms with Crippen LogP contribution in [0.5, 0.6) is 0 Å². The number of hydrogen-bond donors (Lipinski definition) is 2. The quantitative estimate of drug-likeness (QED) is 0.599. The number of carbonyl (C=O) groups excluding carboxylic acids is 2. The molecule has 2 aromatic carbocycles. The third kappa shape index (κ3) is 5.51. The number of quaternary nitrogens is 1. The number of Topliss-reactive ketones (excluding diaryl/α,β-unsaturated/α-hetero) is 1. The van der Waals surface area contributed by atoms with Crippen molar-refractivity contribution < 1.29 is 14.5 Å². The Bertz CT molecular complexity index is 696. The Kier molecular flexibility index (Phi) is 6.58. The zero-order valence-electron chi connectivity index (χ0n) is 14.3. The van der Waals surface area contributed by atoms with E-state index >= 15 is 0 Å². The Morgan fingerprint density at radius 1 is 1.04 bits per heavy atom. The van der Waals surface area contributed by atoms with Gasteiger partial charge in [-0.2, -0.15) is 0 Å². The molecule has 126 valence electrons. The highest BCUT2D eigenvalue weighted by atomic mass is 32.2. The predicted octanol–water partition coefficient (Wildman–Crippen LogP) is 2.26. The molecule has 0 fully saturated rings. The molecule has 0 bridgehead atoms. The number of thioether (sulfide) groups is 1. The van der Waals surface area contributed by atoms with E-state index in [1.165, 1.54) is 17.4 Å². The van der Waals surface area contributed by atoms with E-state index in [9.17, 15) is 9.59 Å². The van der Waals surface area contributed by atoms with Crippen LogP contribution in [-0.4, -0.2) is 31.5 Å². The lowest BCUT2D eigenvalue weighted by atomic mass is 10.1. The van der Waals surface area contributed by atoms with Crippen molar-refractivity contribution in [2.45, 2.75) is 18.4 Å². The average Bonchev–Trinajstić information content (AvgIpc) is 2.55. The molecule has 2 N–H and O–H groups in total. The van der Waals surface area contributed by atoms with Crippen molar-refractivity contribution in [3.63, 3.8) is 0 Å². The number of rotatable bonds is 7. The molecule has 1 atom stereocenters. The highest BCUT2D eigenvalue weighted by molar-refractivity contribution is 7.98. The fraction of sp³-hybridized carbons (Fsp3) is 0.263. The van der Waals surface area contributed by atoms with Gasteiger partial charge in [-0.25, -0.2) is 0 Å². The minimum absolute atomic E-state index is 0.0181. The Balaban J connectivity index is 1.85. The molecule has 5 heteroatoms. The van der Waals surface area contributed by atoms with Gasteiger partial charge >= 0.3 is 0 Å².